The fourth-order valence-corrected chi connectivity index (χ4v) is 3.85. The third-order valence-electron chi connectivity index (χ3n) is 4.88. The van der Waals surface area contributed by atoms with E-state index in [4.69, 9.17) is 0 Å². The van der Waals surface area contributed by atoms with Gasteiger partial charge in [0.1, 0.15) is 0 Å². The molecule has 144 valence electrons. The first-order chi connectivity index (χ1) is 12.7. The molecule has 0 unspecified atom stereocenters. The van der Waals surface area contributed by atoms with Crippen LogP contribution < -0.4 is 10.6 Å². The third-order valence-corrected chi connectivity index (χ3v) is 5.37. The van der Waals surface area contributed by atoms with Crippen molar-refractivity contribution in [3.05, 3.63) is 63.6 Å². The summed E-state index contributed by atoms with van der Waals surface area (Å²) in [6.07, 6.45) is 2.70. The average molecular weight is 453 g/mol. The van der Waals surface area contributed by atoms with Crippen molar-refractivity contribution in [3.63, 3.8) is 0 Å². The maximum absolute atomic E-state index is 12.3. The molecule has 3 aromatic rings. The topological polar surface area (TPSA) is 45.8 Å². The minimum absolute atomic E-state index is 0. The zero-order chi connectivity index (χ0) is 17.9. The number of hydrogen-bond acceptors (Lipinski definition) is 4. The summed E-state index contributed by atoms with van der Waals surface area (Å²) < 4.78 is 4.29. The van der Waals surface area contributed by atoms with E-state index < -0.39 is 0 Å². The molecule has 0 spiro atoms. The van der Waals surface area contributed by atoms with Crippen LogP contribution in [0.4, 0.5) is 5.69 Å². The number of anilines is 1. The lowest BCUT2D eigenvalue weighted by Gasteiger charge is -2.36. The standard InChI is InChI=1S/C19H22BrN5O.ClH/c20-16-5-3-6-17(15-16)23-13-11-22(12-14-23)8-4-10-25-19(26)24-9-2-1-7-18(24)21-25;/h1-3,5-7,9,15H,4,8,10-14H2;1H. The summed E-state index contributed by atoms with van der Waals surface area (Å²) in [6, 6.07) is 14.1. The van der Waals surface area contributed by atoms with Gasteiger partial charge in [0.2, 0.25) is 0 Å². The van der Waals surface area contributed by atoms with Gasteiger partial charge in [0.25, 0.3) is 0 Å². The number of hydrogen-bond donors (Lipinski definition) is 0. The van der Waals surface area contributed by atoms with E-state index in [-0.39, 0.29) is 18.1 Å². The van der Waals surface area contributed by atoms with Crippen molar-refractivity contribution < 1.29 is 0 Å². The fourth-order valence-electron chi connectivity index (χ4n) is 3.46. The molecule has 1 aromatic carbocycles. The number of piperazine rings is 1. The average Bonchev–Trinajstić information content (AvgIpc) is 2.99. The van der Waals surface area contributed by atoms with Crippen molar-refractivity contribution in [3.8, 4) is 0 Å². The lowest BCUT2D eigenvalue weighted by atomic mass is 10.2. The molecule has 1 fully saturated rings. The quantitative estimate of drug-likeness (QED) is 0.597. The molecule has 2 aromatic heterocycles. The molecule has 0 N–H and O–H groups in total. The molecule has 4 rings (SSSR count). The van der Waals surface area contributed by atoms with E-state index in [0.29, 0.717) is 12.2 Å². The van der Waals surface area contributed by atoms with E-state index in [1.54, 1.807) is 15.3 Å². The van der Waals surface area contributed by atoms with Gasteiger partial charge in [-0.2, -0.15) is 0 Å². The molecule has 6 nitrogen and oxygen atoms in total. The van der Waals surface area contributed by atoms with Gasteiger partial charge in [-0.25, -0.2) is 9.48 Å². The molecule has 1 saturated heterocycles. The fraction of sp³-hybridized carbons (Fsp3) is 0.368. The number of aryl methyl sites for hydroxylation is 1. The van der Waals surface area contributed by atoms with E-state index in [9.17, 15) is 4.79 Å². The van der Waals surface area contributed by atoms with Crippen LogP contribution in [0.5, 0.6) is 0 Å². The molecule has 3 heterocycles. The number of aromatic nitrogens is 3. The summed E-state index contributed by atoms with van der Waals surface area (Å²) in [5, 5.41) is 4.39. The highest BCUT2D eigenvalue weighted by Gasteiger charge is 2.17. The van der Waals surface area contributed by atoms with E-state index in [2.05, 4.69) is 55.1 Å². The second kappa shape index (κ2) is 8.91. The van der Waals surface area contributed by atoms with Gasteiger partial charge in [-0.05, 0) is 36.8 Å². The van der Waals surface area contributed by atoms with Gasteiger partial charge >= 0.3 is 5.69 Å². The Labute approximate surface area is 172 Å². The Bertz CT molecular complexity index is 948. The number of benzene rings is 1. The second-order valence-electron chi connectivity index (χ2n) is 6.60. The Hall–Kier alpha value is -1.83. The summed E-state index contributed by atoms with van der Waals surface area (Å²) in [5.41, 5.74) is 1.93. The summed E-state index contributed by atoms with van der Waals surface area (Å²) >= 11 is 3.54. The number of fused-ring (bicyclic) bond motifs is 1. The Balaban J connectivity index is 0.00000210. The highest BCUT2D eigenvalue weighted by molar-refractivity contribution is 9.10. The van der Waals surface area contributed by atoms with Crippen LogP contribution in [0.15, 0.2) is 57.9 Å². The van der Waals surface area contributed by atoms with Crippen LogP contribution in [0.3, 0.4) is 0 Å². The van der Waals surface area contributed by atoms with Crippen molar-refractivity contribution >= 4 is 39.7 Å². The third kappa shape index (κ3) is 4.54. The lowest BCUT2D eigenvalue weighted by molar-refractivity contribution is 0.248. The van der Waals surface area contributed by atoms with Gasteiger partial charge in [-0.3, -0.25) is 9.30 Å². The first kappa shape index (κ1) is 19.9. The Morgan fingerprint density at radius 2 is 1.81 bits per heavy atom. The van der Waals surface area contributed by atoms with Crippen molar-refractivity contribution in [1.82, 2.24) is 19.1 Å². The zero-order valence-corrected chi connectivity index (χ0v) is 17.4. The molecule has 1 aliphatic rings. The molecule has 0 radical (unpaired) electrons. The van der Waals surface area contributed by atoms with Crippen LogP contribution in [0.2, 0.25) is 0 Å². The maximum Gasteiger partial charge on any atom is 0.350 e. The minimum Gasteiger partial charge on any atom is -0.369 e. The normalized spacial score (nSPS) is 15.1. The number of pyridine rings is 1. The smallest absolute Gasteiger partial charge is 0.350 e. The van der Waals surface area contributed by atoms with Gasteiger partial charge in [0, 0.05) is 55.6 Å². The van der Waals surface area contributed by atoms with Crippen molar-refractivity contribution in [2.45, 2.75) is 13.0 Å². The molecule has 0 atom stereocenters. The molecule has 0 saturated carbocycles. The summed E-state index contributed by atoms with van der Waals surface area (Å²) in [5.74, 6) is 0. The Kier molecular flexibility index (Phi) is 6.57. The molecule has 0 bridgehead atoms. The van der Waals surface area contributed by atoms with Gasteiger partial charge in [-0.1, -0.05) is 28.1 Å². The molecule has 1 aliphatic heterocycles. The number of rotatable bonds is 5. The molecule has 27 heavy (non-hydrogen) atoms. The summed E-state index contributed by atoms with van der Waals surface area (Å²) in [6.45, 7) is 5.81. The SMILES string of the molecule is Cl.O=c1n(CCCN2CCN(c3cccc(Br)c3)CC2)nc2ccccn12. The number of halogens is 2. The number of nitrogens with zero attached hydrogens (tertiary/aromatic N) is 5. The summed E-state index contributed by atoms with van der Waals surface area (Å²) in [7, 11) is 0. The molecular weight excluding hydrogens is 430 g/mol. The van der Waals surface area contributed by atoms with Crippen molar-refractivity contribution in [2.75, 3.05) is 37.6 Å². The largest absolute Gasteiger partial charge is 0.369 e. The lowest BCUT2D eigenvalue weighted by Crippen LogP contribution is -2.46. The maximum atomic E-state index is 12.3. The molecular formula is C19H23BrClN5O. The Morgan fingerprint density at radius 1 is 1.00 bits per heavy atom. The first-order valence-corrected chi connectivity index (χ1v) is 9.77. The molecule has 0 amide bonds. The molecule has 8 heteroatoms. The predicted octanol–water partition coefficient (Wildman–Crippen LogP) is 2.89. The van der Waals surface area contributed by atoms with E-state index in [0.717, 1.165) is 43.6 Å². The van der Waals surface area contributed by atoms with Crippen molar-refractivity contribution in [2.24, 2.45) is 0 Å². The van der Waals surface area contributed by atoms with E-state index >= 15 is 0 Å². The van der Waals surface area contributed by atoms with Gasteiger partial charge < -0.3 is 4.90 Å². The second-order valence-corrected chi connectivity index (χ2v) is 7.51. The van der Waals surface area contributed by atoms with E-state index in [1.807, 2.05) is 18.2 Å². The minimum atomic E-state index is -0.0555. The monoisotopic (exact) mass is 451 g/mol. The summed E-state index contributed by atoms with van der Waals surface area (Å²) in [4.78, 5) is 17.2. The Morgan fingerprint density at radius 3 is 2.56 bits per heavy atom. The van der Waals surface area contributed by atoms with Crippen LogP contribution in [0.25, 0.3) is 5.65 Å². The first-order valence-electron chi connectivity index (χ1n) is 8.98. The molecule has 0 aliphatic carbocycles. The van der Waals surface area contributed by atoms with Gasteiger partial charge in [0.05, 0.1) is 0 Å². The highest BCUT2D eigenvalue weighted by atomic mass is 79.9. The van der Waals surface area contributed by atoms with Gasteiger partial charge in [-0.15, -0.1) is 17.5 Å². The van der Waals surface area contributed by atoms with Crippen molar-refractivity contribution in [1.29, 1.82) is 0 Å². The van der Waals surface area contributed by atoms with Crippen LogP contribution in [0.1, 0.15) is 6.42 Å². The van der Waals surface area contributed by atoms with Gasteiger partial charge in [0.15, 0.2) is 5.65 Å². The van der Waals surface area contributed by atoms with Crippen LogP contribution in [-0.2, 0) is 6.54 Å². The zero-order valence-electron chi connectivity index (χ0n) is 15.0. The van der Waals surface area contributed by atoms with E-state index in [1.165, 1.54) is 5.69 Å². The van der Waals surface area contributed by atoms with Crippen LogP contribution >= 0.6 is 28.3 Å². The predicted molar refractivity (Wildman–Crippen MR) is 114 cm³/mol. The highest BCUT2D eigenvalue weighted by Crippen LogP contribution is 2.21. The van der Waals surface area contributed by atoms with Crippen LogP contribution in [-0.4, -0.2) is 51.8 Å². The van der Waals surface area contributed by atoms with Crippen LogP contribution in [0, 0.1) is 0 Å².